The van der Waals surface area contributed by atoms with Crippen LogP contribution in [0.15, 0.2) is 8.26 Å². The van der Waals surface area contributed by atoms with Crippen molar-refractivity contribution in [1.29, 1.82) is 0 Å². The normalized spacial score (nSPS) is 17.2. The van der Waals surface area contributed by atoms with E-state index in [2.05, 4.69) is 42.7 Å². The second kappa shape index (κ2) is 3.75. The van der Waals surface area contributed by atoms with Crippen molar-refractivity contribution in [3.63, 3.8) is 0 Å². The molecule has 0 unspecified atom stereocenters. The minimum absolute atomic E-state index is 0.901. The van der Waals surface area contributed by atoms with Crippen molar-refractivity contribution in [1.82, 2.24) is 10.9 Å². The van der Waals surface area contributed by atoms with Gasteiger partial charge in [-0.1, -0.05) is 0 Å². The summed E-state index contributed by atoms with van der Waals surface area (Å²) in [6.45, 7) is 1.91. The van der Waals surface area contributed by atoms with Crippen LogP contribution in [0.4, 0.5) is 0 Å². The van der Waals surface area contributed by atoms with Crippen molar-refractivity contribution in [2.24, 2.45) is 0 Å². The Morgan fingerprint density at radius 2 is 2.08 bits per heavy atom. The lowest BCUT2D eigenvalue weighted by atomic mass is 10.2. The van der Waals surface area contributed by atoms with Crippen molar-refractivity contribution >= 4 is 43.2 Å². The molecule has 0 spiro atoms. The first-order valence-electron chi connectivity index (χ1n) is 3.70. The zero-order valence-corrected chi connectivity index (χ0v) is 10.3. The summed E-state index contributed by atoms with van der Waals surface area (Å²) in [5.41, 5.74) is 7.70. The van der Waals surface area contributed by atoms with E-state index < -0.39 is 0 Å². The fourth-order valence-corrected chi connectivity index (χ4v) is 3.76. The van der Waals surface area contributed by atoms with Crippen molar-refractivity contribution in [3.8, 4) is 0 Å². The van der Waals surface area contributed by atoms with Crippen LogP contribution in [0, 0.1) is 0 Å². The molecular formula is C7H8Br2N2S. The van der Waals surface area contributed by atoms with Gasteiger partial charge < -0.3 is 0 Å². The molecule has 0 aromatic carbocycles. The van der Waals surface area contributed by atoms with Crippen LogP contribution >= 0.6 is 43.2 Å². The molecule has 0 saturated heterocycles. The number of hydrogen-bond acceptors (Lipinski definition) is 3. The summed E-state index contributed by atoms with van der Waals surface area (Å²) in [6.07, 6.45) is 1.11. The highest BCUT2D eigenvalue weighted by Crippen LogP contribution is 2.37. The predicted octanol–water partition coefficient (Wildman–Crippen LogP) is 2.42. The molecule has 5 heteroatoms. The molecule has 0 radical (unpaired) electrons. The number of halogens is 2. The molecule has 2 heterocycles. The smallest absolute Gasteiger partial charge is 0.0846 e. The van der Waals surface area contributed by atoms with E-state index in [-0.39, 0.29) is 0 Å². The largest absolute Gasteiger partial charge is 0.257 e. The Balaban J connectivity index is 2.42. The van der Waals surface area contributed by atoms with Crippen molar-refractivity contribution in [2.75, 3.05) is 6.54 Å². The maximum atomic E-state index is 3.57. The summed E-state index contributed by atoms with van der Waals surface area (Å²) < 4.78 is 2.41. The minimum atomic E-state index is 0.901. The van der Waals surface area contributed by atoms with Crippen LogP contribution < -0.4 is 10.9 Å². The molecule has 0 amide bonds. The third kappa shape index (κ3) is 1.61. The van der Waals surface area contributed by atoms with Gasteiger partial charge in [0.15, 0.2) is 0 Å². The Morgan fingerprint density at radius 3 is 2.92 bits per heavy atom. The van der Waals surface area contributed by atoms with Gasteiger partial charge in [-0.05, 0) is 43.8 Å². The first-order chi connectivity index (χ1) is 5.79. The molecule has 1 aromatic heterocycles. The number of rotatable bonds is 0. The summed E-state index contributed by atoms with van der Waals surface area (Å²) in [6, 6.07) is 0. The first-order valence-corrected chi connectivity index (χ1v) is 6.10. The summed E-state index contributed by atoms with van der Waals surface area (Å²) in [5.74, 6) is 0. The van der Waals surface area contributed by atoms with Gasteiger partial charge >= 0.3 is 0 Å². The third-order valence-electron chi connectivity index (χ3n) is 1.85. The van der Waals surface area contributed by atoms with Crippen molar-refractivity contribution in [3.05, 3.63) is 18.7 Å². The van der Waals surface area contributed by atoms with Gasteiger partial charge in [0.2, 0.25) is 0 Å². The van der Waals surface area contributed by atoms with Crippen LogP contribution in [0.1, 0.15) is 10.4 Å². The van der Waals surface area contributed by atoms with Crippen LogP contribution in [0.2, 0.25) is 0 Å². The number of hydrazine groups is 1. The van der Waals surface area contributed by atoms with Crippen molar-refractivity contribution in [2.45, 2.75) is 13.0 Å². The van der Waals surface area contributed by atoms with E-state index in [0.29, 0.717) is 0 Å². The van der Waals surface area contributed by atoms with Gasteiger partial charge in [-0.15, -0.1) is 11.3 Å². The quantitative estimate of drug-likeness (QED) is 0.769. The molecule has 1 aliphatic heterocycles. The van der Waals surface area contributed by atoms with Crippen molar-refractivity contribution < 1.29 is 0 Å². The molecular weight excluding hydrogens is 304 g/mol. The number of hydrogen-bond donors (Lipinski definition) is 2. The Hall–Kier alpha value is 0.580. The molecule has 0 fully saturated rings. The zero-order chi connectivity index (χ0) is 8.55. The third-order valence-corrected chi connectivity index (χ3v) is 5.49. The van der Waals surface area contributed by atoms with E-state index >= 15 is 0 Å². The average molecular weight is 312 g/mol. The summed E-state index contributed by atoms with van der Waals surface area (Å²) in [4.78, 5) is 1.46. The zero-order valence-electron chi connectivity index (χ0n) is 6.29. The van der Waals surface area contributed by atoms with Gasteiger partial charge in [0.05, 0.1) is 3.79 Å². The summed E-state index contributed by atoms with van der Waals surface area (Å²) in [5, 5.41) is 0. The molecule has 0 bridgehead atoms. The van der Waals surface area contributed by atoms with E-state index in [1.165, 1.54) is 18.7 Å². The number of thiophene rings is 1. The first kappa shape index (κ1) is 9.15. The Labute approximate surface area is 92.0 Å². The van der Waals surface area contributed by atoms with Crippen LogP contribution in [-0.4, -0.2) is 6.54 Å². The molecule has 0 aliphatic carbocycles. The number of fused-ring (bicyclic) bond motifs is 1. The predicted molar refractivity (Wildman–Crippen MR) is 58.3 cm³/mol. The Morgan fingerprint density at radius 1 is 1.25 bits per heavy atom. The van der Waals surface area contributed by atoms with Gasteiger partial charge in [-0.3, -0.25) is 10.9 Å². The van der Waals surface area contributed by atoms with Crippen LogP contribution in [0.25, 0.3) is 0 Å². The fraction of sp³-hybridized carbons (Fsp3) is 0.429. The molecule has 0 saturated carbocycles. The summed E-state index contributed by atoms with van der Waals surface area (Å²) in [7, 11) is 0. The second-order valence-electron chi connectivity index (χ2n) is 2.62. The maximum absolute atomic E-state index is 3.57. The minimum Gasteiger partial charge on any atom is -0.257 e. The monoisotopic (exact) mass is 310 g/mol. The van der Waals surface area contributed by atoms with Crippen LogP contribution in [-0.2, 0) is 13.0 Å². The van der Waals surface area contributed by atoms with Crippen LogP contribution in [0.3, 0.4) is 0 Å². The lowest BCUT2D eigenvalue weighted by Crippen LogP contribution is -2.30. The van der Waals surface area contributed by atoms with Gasteiger partial charge in [0, 0.05) is 22.4 Å². The molecule has 66 valence electrons. The molecule has 0 atom stereocenters. The summed E-state index contributed by atoms with van der Waals surface area (Å²) >= 11 is 8.91. The Kier molecular flexibility index (Phi) is 2.86. The van der Waals surface area contributed by atoms with E-state index in [1.807, 2.05) is 11.3 Å². The average Bonchev–Trinajstić information content (AvgIpc) is 2.30. The molecule has 2 nitrogen and oxygen atoms in total. The van der Waals surface area contributed by atoms with Gasteiger partial charge in [-0.25, -0.2) is 0 Å². The topological polar surface area (TPSA) is 24.1 Å². The standard InChI is InChI=1S/C7H8Br2N2S/c8-6-4-3-11-10-2-1-5(4)12-7(6)9/h10-11H,1-3H2. The molecule has 1 aliphatic rings. The fourth-order valence-electron chi connectivity index (χ4n) is 1.25. The van der Waals surface area contributed by atoms with Crippen LogP contribution in [0.5, 0.6) is 0 Å². The second-order valence-corrected chi connectivity index (χ2v) is 5.84. The molecule has 12 heavy (non-hydrogen) atoms. The van der Waals surface area contributed by atoms with Gasteiger partial charge in [0.25, 0.3) is 0 Å². The Bertz CT molecular complexity index is 298. The van der Waals surface area contributed by atoms with E-state index in [4.69, 9.17) is 0 Å². The van der Waals surface area contributed by atoms with E-state index in [1.54, 1.807) is 0 Å². The highest BCUT2D eigenvalue weighted by atomic mass is 79.9. The maximum Gasteiger partial charge on any atom is 0.0846 e. The number of nitrogens with one attached hydrogen (secondary N) is 2. The molecule has 2 N–H and O–H groups in total. The lowest BCUT2D eigenvalue weighted by molar-refractivity contribution is 0.553. The highest BCUT2D eigenvalue weighted by Gasteiger charge is 2.15. The molecule has 1 aromatic rings. The highest BCUT2D eigenvalue weighted by molar-refractivity contribution is 9.13. The van der Waals surface area contributed by atoms with E-state index in [9.17, 15) is 0 Å². The SMILES string of the molecule is Brc1sc2c(c1Br)CNNCC2. The van der Waals surface area contributed by atoms with E-state index in [0.717, 1.165) is 19.5 Å². The molecule has 2 rings (SSSR count). The van der Waals surface area contributed by atoms with Gasteiger partial charge in [0.1, 0.15) is 0 Å². The van der Waals surface area contributed by atoms with Gasteiger partial charge in [-0.2, -0.15) is 0 Å². The lowest BCUT2D eigenvalue weighted by Gasteiger charge is -1.99.